The van der Waals surface area contributed by atoms with Gasteiger partial charge in [-0.3, -0.25) is 4.79 Å². The van der Waals surface area contributed by atoms with Crippen LogP contribution in [-0.2, 0) is 17.3 Å². The van der Waals surface area contributed by atoms with Gasteiger partial charge in [0.1, 0.15) is 5.25 Å². The van der Waals surface area contributed by atoms with E-state index in [-0.39, 0.29) is 5.41 Å². The van der Waals surface area contributed by atoms with E-state index in [4.69, 9.17) is 5.11 Å². The average Bonchev–Trinajstić information content (AvgIpc) is 2.79. The average molecular weight is 319 g/mol. The topological polar surface area (TPSA) is 68.0 Å². The number of carboxylic acid groups (broad SMARTS) is 1. The summed E-state index contributed by atoms with van der Waals surface area (Å²) < 4.78 is 1.83. The minimum absolute atomic E-state index is 0.107. The van der Waals surface area contributed by atoms with Gasteiger partial charge in [0.05, 0.1) is 0 Å². The summed E-state index contributed by atoms with van der Waals surface area (Å²) in [6.07, 6.45) is 0. The van der Waals surface area contributed by atoms with Crippen LogP contribution in [0.4, 0.5) is 0 Å². The number of hydrogen-bond acceptors (Lipinski definition) is 4. The highest BCUT2D eigenvalue weighted by Crippen LogP contribution is 2.28. The minimum atomic E-state index is -0.857. The Bertz CT molecular complexity index is 672. The molecule has 1 atom stereocenters. The molecule has 1 unspecified atom stereocenters. The largest absolute Gasteiger partial charge is 0.480 e. The van der Waals surface area contributed by atoms with Crippen LogP contribution < -0.4 is 0 Å². The van der Waals surface area contributed by atoms with Crippen molar-refractivity contribution < 1.29 is 9.90 Å². The molecular weight excluding hydrogens is 298 g/mol. The second-order valence-electron chi connectivity index (χ2n) is 6.29. The predicted molar refractivity (Wildman–Crippen MR) is 88.1 cm³/mol. The molecule has 1 heterocycles. The van der Waals surface area contributed by atoms with Gasteiger partial charge in [-0.1, -0.05) is 56.8 Å². The molecule has 0 bridgehead atoms. The standard InChI is InChI=1S/C16H21N3O2S/c1-10(14(20)21)22-15-18-17-13(19(15)5)11-6-8-12(9-7-11)16(2,3)4/h6-10H,1-5H3,(H,20,21). The molecule has 6 heteroatoms. The van der Waals surface area contributed by atoms with Crippen molar-refractivity contribution in [3.05, 3.63) is 29.8 Å². The number of aliphatic carboxylic acids is 1. The van der Waals surface area contributed by atoms with Crippen LogP contribution in [-0.4, -0.2) is 31.1 Å². The fourth-order valence-corrected chi connectivity index (χ4v) is 2.75. The molecule has 2 aromatic rings. The second-order valence-corrected chi connectivity index (χ2v) is 7.60. The zero-order valence-corrected chi connectivity index (χ0v) is 14.3. The van der Waals surface area contributed by atoms with Crippen molar-refractivity contribution in [1.29, 1.82) is 0 Å². The zero-order valence-electron chi connectivity index (χ0n) is 13.5. The molecule has 1 aromatic carbocycles. The maximum absolute atomic E-state index is 10.9. The summed E-state index contributed by atoms with van der Waals surface area (Å²) in [7, 11) is 1.85. The molecule has 22 heavy (non-hydrogen) atoms. The summed E-state index contributed by atoms with van der Waals surface area (Å²) in [6, 6.07) is 8.24. The van der Waals surface area contributed by atoms with Gasteiger partial charge in [-0.2, -0.15) is 0 Å². The molecule has 118 valence electrons. The molecule has 0 aliphatic carbocycles. The summed E-state index contributed by atoms with van der Waals surface area (Å²) in [4.78, 5) is 10.9. The zero-order chi connectivity index (χ0) is 16.5. The number of aromatic nitrogens is 3. The molecule has 0 aliphatic rings. The second kappa shape index (κ2) is 6.12. The van der Waals surface area contributed by atoms with Gasteiger partial charge in [-0.15, -0.1) is 10.2 Å². The van der Waals surface area contributed by atoms with Gasteiger partial charge in [0, 0.05) is 12.6 Å². The number of nitrogens with zero attached hydrogens (tertiary/aromatic N) is 3. The van der Waals surface area contributed by atoms with E-state index in [1.165, 1.54) is 17.3 Å². The van der Waals surface area contributed by atoms with Crippen LogP contribution in [0.2, 0.25) is 0 Å². The fourth-order valence-electron chi connectivity index (χ4n) is 2.00. The Balaban J connectivity index is 2.27. The summed E-state index contributed by atoms with van der Waals surface area (Å²) in [5, 5.41) is 17.3. The highest BCUT2D eigenvalue weighted by Gasteiger charge is 2.19. The van der Waals surface area contributed by atoms with Crippen molar-refractivity contribution in [2.75, 3.05) is 0 Å². The Labute approximate surface area is 134 Å². The summed E-state index contributed by atoms with van der Waals surface area (Å²) in [6.45, 7) is 8.16. The number of hydrogen-bond donors (Lipinski definition) is 1. The van der Waals surface area contributed by atoms with Crippen molar-refractivity contribution in [2.45, 2.75) is 43.5 Å². The lowest BCUT2D eigenvalue weighted by Gasteiger charge is -2.19. The molecule has 5 nitrogen and oxygen atoms in total. The van der Waals surface area contributed by atoms with Crippen molar-refractivity contribution >= 4 is 17.7 Å². The quantitative estimate of drug-likeness (QED) is 0.875. The van der Waals surface area contributed by atoms with E-state index in [1.54, 1.807) is 6.92 Å². The van der Waals surface area contributed by atoms with Gasteiger partial charge >= 0.3 is 5.97 Å². The van der Waals surface area contributed by atoms with Crippen LogP contribution >= 0.6 is 11.8 Å². The van der Waals surface area contributed by atoms with Gasteiger partial charge in [-0.25, -0.2) is 0 Å². The molecule has 1 aromatic heterocycles. The number of carbonyl (C=O) groups is 1. The Morgan fingerprint density at radius 1 is 1.23 bits per heavy atom. The first-order valence-electron chi connectivity index (χ1n) is 7.10. The first kappa shape index (κ1) is 16.5. The highest BCUT2D eigenvalue weighted by molar-refractivity contribution is 8.00. The molecule has 0 saturated carbocycles. The van der Waals surface area contributed by atoms with Crippen LogP contribution in [0.1, 0.15) is 33.3 Å². The van der Waals surface area contributed by atoms with E-state index in [0.29, 0.717) is 5.16 Å². The maximum atomic E-state index is 10.9. The van der Waals surface area contributed by atoms with Gasteiger partial charge in [-0.05, 0) is 17.9 Å². The number of carboxylic acids is 1. The summed E-state index contributed by atoms with van der Waals surface area (Å²) in [5.41, 5.74) is 2.33. The Morgan fingerprint density at radius 3 is 2.32 bits per heavy atom. The molecule has 1 N–H and O–H groups in total. The van der Waals surface area contributed by atoms with Crippen LogP contribution in [0.15, 0.2) is 29.4 Å². The fraction of sp³-hybridized carbons (Fsp3) is 0.438. The lowest BCUT2D eigenvalue weighted by Crippen LogP contribution is -2.12. The third-order valence-electron chi connectivity index (χ3n) is 3.47. The third kappa shape index (κ3) is 3.50. The molecule has 0 fully saturated rings. The smallest absolute Gasteiger partial charge is 0.316 e. The van der Waals surface area contributed by atoms with Crippen LogP contribution in [0.5, 0.6) is 0 Å². The van der Waals surface area contributed by atoms with E-state index in [1.807, 2.05) is 23.7 Å². The van der Waals surface area contributed by atoms with Crippen molar-refractivity contribution in [3.63, 3.8) is 0 Å². The molecule has 0 radical (unpaired) electrons. The van der Waals surface area contributed by atoms with Gasteiger partial charge in [0.15, 0.2) is 11.0 Å². The van der Waals surface area contributed by atoms with Crippen molar-refractivity contribution in [3.8, 4) is 11.4 Å². The van der Waals surface area contributed by atoms with Crippen molar-refractivity contribution in [1.82, 2.24) is 14.8 Å². The molecule has 0 amide bonds. The van der Waals surface area contributed by atoms with Crippen molar-refractivity contribution in [2.24, 2.45) is 7.05 Å². The predicted octanol–water partition coefficient (Wildman–Crippen LogP) is 3.34. The minimum Gasteiger partial charge on any atom is -0.480 e. The van der Waals surface area contributed by atoms with E-state index in [9.17, 15) is 4.79 Å². The normalized spacial score (nSPS) is 13.1. The van der Waals surface area contributed by atoms with Gasteiger partial charge < -0.3 is 9.67 Å². The van der Waals surface area contributed by atoms with Crippen LogP contribution in [0, 0.1) is 0 Å². The third-order valence-corrected chi connectivity index (χ3v) is 4.60. The van der Waals surface area contributed by atoms with E-state index in [2.05, 4.69) is 43.1 Å². The van der Waals surface area contributed by atoms with Crippen LogP contribution in [0.25, 0.3) is 11.4 Å². The molecule has 0 aliphatic heterocycles. The lowest BCUT2D eigenvalue weighted by atomic mass is 9.87. The Kier molecular flexibility index (Phi) is 4.60. The van der Waals surface area contributed by atoms with Gasteiger partial charge in [0.25, 0.3) is 0 Å². The Morgan fingerprint density at radius 2 is 1.82 bits per heavy atom. The molecule has 0 saturated heterocycles. The number of rotatable bonds is 4. The Hall–Kier alpha value is -1.82. The van der Waals surface area contributed by atoms with Crippen LogP contribution in [0.3, 0.4) is 0 Å². The SMILES string of the molecule is CC(Sc1nnc(-c2ccc(C(C)(C)C)cc2)n1C)C(=O)O. The van der Waals surface area contributed by atoms with E-state index in [0.717, 1.165) is 11.4 Å². The first-order valence-corrected chi connectivity index (χ1v) is 7.98. The van der Waals surface area contributed by atoms with E-state index < -0.39 is 11.2 Å². The number of benzene rings is 1. The molecular formula is C16H21N3O2S. The maximum Gasteiger partial charge on any atom is 0.316 e. The lowest BCUT2D eigenvalue weighted by molar-refractivity contribution is -0.136. The monoisotopic (exact) mass is 319 g/mol. The first-order chi connectivity index (χ1) is 10.2. The highest BCUT2D eigenvalue weighted by atomic mass is 32.2. The summed E-state index contributed by atoms with van der Waals surface area (Å²) >= 11 is 1.19. The van der Waals surface area contributed by atoms with Gasteiger partial charge in [0.2, 0.25) is 0 Å². The molecule has 2 rings (SSSR count). The number of thioether (sulfide) groups is 1. The van der Waals surface area contributed by atoms with E-state index >= 15 is 0 Å². The molecule has 0 spiro atoms. The summed E-state index contributed by atoms with van der Waals surface area (Å²) in [5.74, 6) is -0.121.